The van der Waals surface area contributed by atoms with Gasteiger partial charge in [0.1, 0.15) is 6.33 Å². The van der Waals surface area contributed by atoms with Gasteiger partial charge < -0.3 is 14.4 Å². The lowest BCUT2D eigenvalue weighted by Gasteiger charge is -2.14. The molecule has 142 valence electrons. The molecule has 2 heterocycles. The minimum Gasteiger partial charge on any atom is -0.359 e. The van der Waals surface area contributed by atoms with E-state index in [1.165, 1.54) is 5.56 Å². The number of carbonyl (C=O) groups excluding carboxylic acids is 1. The van der Waals surface area contributed by atoms with Crippen LogP contribution in [0.15, 0.2) is 47.2 Å². The van der Waals surface area contributed by atoms with Crippen molar-refractivity contribution in [3.05, 3.63) is 65.6 Å². The van der Waals surface area contributed by atoms with Gasteiger partial charge in [-0.25, -0.2) is 0 Å². The second-order valence-corrected chi connectivity index (χ2v) is 6.51. The van der Waals surface area contributed by atoms with E-state index >= 15 is 0 Å². The van der Waals surface area contributed by atoms with Crippen molar-refractivity contribution < 1.29 is 9.32 Å². The van der Waals surface area contributed by atoms with E-state index in [-0.39, 0.29) is 17.6 Å². The lowest BCUT2D eigenvalue weighted by atomic mass is 10.2. The Bertz CT molecular complexity index is 873. The van der Waals surface area contributed by atoms with E-state index in [1.807, 2.05) is 43.7 Å². The van der Waals surface area contributed by atoms with Gasteiger partial charge in [-0.15, -0.1) is 10.2 Å². The molecule has 0 bridgehead atoms. The molecule has 1 unspecified atom stereocenters. The zero-order valence-electron chi connectivity index (χ0n) is 15.8. The van der Waals surface area contributed by atoms with Crippen molar-refractivity contribution in [2.75, 3.05) is 7.05 Å². The van der Waals surface area contributed by atoms with Crippen molar-refractivity contribution in [2.24, 2.45) is 0 Å². The number of hydrogen-bond donors (Lipinski definition) is 1. The summed E-state index contributed by atoms with van der Waals surface area (Å²) in [4.78, 5) is 14.5. The quantitative estimate of drug-likeness (QED) is 0.657. The number of nitrogens with one attached hydrogen (secondary N) is 1. The topological polar surface area (TPSA) is 89.1 Å². The van der Waals surface area contributed by atoms with Crippen LogP contribution in [0, 0.1) is 0 Å². The molecular weight excluding hydrogens is 344 g/mol. The minimum atomic E-state index is -0.297. The van der Waals surface area contributed by atoms with Gasteiger partial charge in [-0.05, 0) is 26.5 Å². The molecule has 0 saturated carbocycles. The molecule has 2 aromatic heterocycles. The molecule has 0 saturated heterocycles. The molecule has 8 heteroatoms. The predicted molar refractivity (Wildman–Crippen MR) is 99.7 cm³/mol. The second kappa shape index (κ2) is 8.59. The normalized spacial score (nSPS) is 12.3. The molecule has 0 spiro atoms. The number of nitrogens with zero attached hydrogens (tertiary/aromatic N) is 5. The van der Waals surface area contributed by atoms with E-state index in [0.717, 1.165) is 13.1 Å². The van der Waals surface area contributed by atoms with Crippen LogP contribution in [0.5, 0.6) is 0 Å². The van der Waals surface area contributed by atoms with E-state index < -0.39 is 0 Å². The standard InChI is InChI=1S/C19H24N6O2/c1-4-25-13-20-22-18(25)14(2)21-19(26)17-10-16(27-23-17)12-24(3)11-15-8-6-5-7-9-15/h5-10,13-14H,4,11-12H2,1-3H3,(H,21,26). The number of amides is 1. The summed E-state index contributed by atoms with van der Waals surface area (Å²) in [6.45, 7) is 5.95. The van der Waals surface area contributed by atoms with Gasteiger partial charge >= 0.3 is 0 Å². The van der Waals surface area contributed by atoms with Crippen molar-refractivity contribution in [1.82, 2.24) is 30.1 Å². The molecule has 0 fully saturated rings. The van der Waals surface area contributed by atoms with Gasteiger partial charge in [-0.2, -0.15) is 0 Å². The van der Waals surface area contributed by atoms with E-state index in [0.29, 0.717) is 18.1 Å². The molecule has 0 radical (unpaired) electrons. The smallest absolute Gasteiger partial charge is 0.274 e. The molecule has 1 N–H and O–H groups in total. The predicted octanol–water partition coefficient (Wildman–Crippen LogP) is 2.41. The van der Waals surface area contributed by atoms with Crippen LogP contribution in [0.4, 0.5) is 0 Å². The fraction of sp³-hybridized carbons (Fsp3) is 0.368. The van der Waals surface area contributed by atoms with Crippen molar-refractivity contribution >= 4 is 5.91 Å². The van der Waals surface area contributed by atoms with Gasteiger partial charge in [0.25, 0.3) is 5.91 Å². The van der Waals surface area contributed by atoms with Crippen LogP contribution in [0.1, 0.15) is 47.5 Å². The van der Waals surface area contributed by atoms with Gasteiger partial charge in [-0.3, -0.25) is 9.69 Å². The molecule has 1 aromatic carbocycles. The van der Waals surface area contributed by atoms with Crippen LogP contribution < -0.4 is 5.32 Å². The fourth-order valence-electron chi connectivity index (χ4n) is 2.89. The number of aromatic nitrogens is 4. The van der Waals surface area contributed by atoms with Gasteiger partial charge in [0.15, 0.2) is 17.3 Å². The summed E-state index contributed by atoms with van der Waals surface area (Å²) in [7, 11) is 1.99. The third-order valence-electron chi connectivity index (χ3n) is 4.23. The Morgan fingerprint density at radius 1 is 1.30 bits per heavy atom. The lowest BCUT2D eigenvalue weighted by Crippen LogP contribution is -2.28. The Hall–Kier alpha value is -3.00. The number of rotatable bonds is 8. The molecular formula is C19H24N6O2. The molecule has 1 atom stereocenters. The number of carbonyl (C=O) groups is 1. The first kappa shape index (κ1) is 18.8. The van der Waals surface area contributed by atoms with Gasteiger partial charge in [0.2, 0.25) is 0 Å². The Morgan fingerprint density at radius 2 is 2.07 bits per heavy atom. The van der Waals surface area contributed by atoms with Crippen molar-refractivity contribution in [2.45, 2.75) is 39.5 Å². The minimum absolute atomic E-state index is 0.257. The molecule has 3 rings (SSSR count). The van der Waals surface area contributed by atoms with Crippen LogP contribution in [-0.4, -0.2) is 37.8 Å². The zero-order chi connectivity index (χ0) is 19.2. The van der Waals surface area contributed by atoms with Crippen LogP contribution in [0.25, 0.3) is 0 Å². The van der Waals surface area contributed by atoms with Crippen LogP contribution >= 0.6 is 0 Å². The summed E-state index contributed by atoms with van der Waals surface area (Å²) in [6.07, 6.45) is 1.65. The molecule has 0 aliphatic carbocycles. The zero-order valence-corrected chi connectivity index (χ0v) is 15.8. The number of hydrogen-bond acceptors (Lipinski definition) is 6. The second-order valence-electron chi connectivity index (χ2n) is 6.51. The van der Waals surface area contributed by atoms with Gasteiger partial charge in [0, 0.05) is 19.2 Å². The molecule has 1 amide bonds. The van der Waals surface area contributed by atoms with Gasteiger partial charge in [0.05, 0.1) is 12.6 Å². The van der Waals surface area contributed by atoms with Crippen molar-refractivity contribution in [1.29, 1.82) is 0 Å². The first-order valence-electron chi connectivity index (χ1n) is 8.93. The molecule has 3 aromatic rings. The van der Waals surface area contributed by atoms with Crippen LogP contribution in [0.3, 0.4) is 0 Å². The summed E-state index contributed by atoms with van der Waals surface area (Å²) in [5, 5.41) is 14.7. The first-order valence-corrected chi connectivity index (χ1v) is 8.93. The van der Waals surface area contributed by atoms with E-state index in [1.54, 1.807) is 12.4 Å². The largest absolute Gasteiger partial charge is 0.359 e. The maximum atomic E-state index is 12.4. The average molecular weight is 368 g/mol. The Kier molecular flexibility index (Phi) is 5.97. The van der Waals surface area contributed by atoms with Crippen molar-refractivity contribution in [3.8, 4) is 0 Å². The summed E-state index contributed by atoms with van der Waals surface area (Å²) in [6, 6.07) is 11.6. The highest BCUT2D eigenvalue weighted by atomic mass is 16.5. The van der Waals surface area contributed by atoms with E-state index in [2.05, 4.69) is 37.7 Å². The SMILES string of the molecule is CCn1cnnc1C(C)NC(=O)c1cc(CN(C)Cc2ccccc2)on1. The van der Waals surface area contributed by atoms with E-state index in [4.69, 9.17) is 4.52 Å². The maximum absolute atomic E-state index is 12.4. The Morgan fingerprint density at radius 3 is 2.81 bits per heavy atom. The number of benzene rings is 1. The number of aryl methyl sites for hydroxylation is 1. The average Bonchev–Trinajstić information content (AvgIpc) is 3.31. The highest BCUT2D eigenvalue weighted by Crippen LogP contribution is 2.12. The first-order chi connectivity index (χ1) is 13.1. The highest BCUT2D eigenvalue weighted by Gasteiger charge is 2.19. The maximum Gasteiger partial charge on any atom is 0.274 e. The molecule has 0 aliphatic rings. The Labute approximate surface area is 158 Å². The van der Waals surface area contributed by atoms with Gasteiger partial charge in [-0.1, -0.05) is 35.5 Å². The third kappa shape index (κ3) is 4.79. The summed E-state index contributed by atoms with van der Waals surface area (Å²) < 4.78 is 7.21. The summed E-state index contributed by atoms with van der Waals surface area (Å²) in [5.74, 6) is 1.05. The monoisotopic (exact) mass is 368 g/mol. The van der Waals surface area contributed by atoms with Crippen molar-refractivity contribution in [3.63, 3.8) is 0 Å². The van der Waals surface area contributed by atoms with E-state index in [9.17, 15) is 4.79 Å². The third-order valence-corrected chi connectivity index (χ3v) is 4.23. The molecule has 27 heavy (non-hydrogen) atoms. The summed E-state index contributed by atoms with van der Waals surface area (Å²) >= 11 is 0. The van der Waals surface area contributed by atoms with Crippen LogP contribution in [0.2, 0.25) is 0 Å². The molecule has 0 aliphatic heterocycles. The fourth-order valence-corrected chi connectivity index (χ4v) is 2.89. The molecule has 8 nitrogen and oxygen atoms in total. The summed E-state index contributed by atoms with van der Waals surface area (Å²) in [5.41, 5.74) is 1.47. The highest BCUT2D eigenvalue weighted by molar-refractivity contribution is 5.92. The van der Waals surface area contributed by atoms with Crippen LogP contribution in [-0.2, 0) is 19.6 Å². The Balaban J connectivity index is 1.57. The lowest BCUT2D eigenvalue weighted by molar-refractivity contribution is 0.0928.